The van der Waals surface area contributed by atoms with E-state index in [9.17, 15) is 0 Å². The smallest absolute Gasteiger partial charge is 0.181 e. The number of ether oxygens (including phenoxy) is 2. The van der Waals surface area contributed by atoms with Gasteiger partial charge in [-0.2, -0.15) is 0 Å². The molecule has 0 amide bonds. The molecule has 17 heavy (non-hydrogen) atoms. The molecule has 0 radical (unpaired) electrons. The van der Waals surface area contributed by atoms with Crippen molar-refractivity contribution < 1.29 is 13.9 Å². The van der Waals surface area contributed by atoms with E-state index in [0.29, 0.717) is 12.7 Å². The second-order valence-corrected chi connectivity index (χ2v) is 4.23. The van der Waals surface area contributed by atoms with Crippen LogP contribution in [0.2, 0.25) is 0 Å². The molecule has 0 aliphatic carbocycles. The van der Waals surface area contributed by atoms with E-state index in [2.05, 4.69) is 10.3 Å². The summed E-state index contributed by atoms with van der Waals surface area (Å²) in [4.78, 5) is 4.23. The lowest BCUT2D eigenvalue weighted by Crippen LogP contribution is -2.20. The summed E-state index contributed by atoms with van der Waals surface area (Å²) in [6.45, 7) is 3.13. The highest BCUT2D eigenvalue weighted by molar-refractivity contribution is 5.08. The van der Waals surface area contributed by atoms with Crippen molar-refractivity contribution in [3.8, 4) is 0 Å². The third-order valence-electron chi connectivity index (χ3n) is 2.94. The zero-order valence-corrected chi connectivity index (χ0v) is 10.3. The first-order valence-electron chi connectivity index (χ1n) is 6.12. The van der Waals surface area contributed by atoms with Crippen LogP contribution in [0.4, 0.5) is 0 Å². The Labute approximate surface area is 102 Å². The third-order valence-corrected chi connectivity index (χ3v) is 2.94. The molecule has 1 saturated heterocycles. The molecule has 1 aliphatic rings. The molecular weight excluding hydrogens is 220 g/mol. The quantitative estimate of drug-likeness (QED) is 0.724. The van der Waals surface area contributed by atoms with Crippen LogP contribution in [0.5, 0.6) is 0 Å². The zero-order chi connectivity index (χ0) is 11.9. The lowest BCUT2D eigenvalue weighted by Gasteiger charge is -2.08. The van der Waals surface area contributed by atoms with Crippen molar-refractivity contribution in [2.45, 2.75) is 31.9 Å². The molecule has 1 fully saturated rings. The molecule has 5 heteroatoms. The molecular formula is C12H20N2O3. The Balaban J connectivity index is 1.79. The van der Waals surface area contributed by atoms with Crippen LogP contribution in [-0.2, 0) is 22.4 Å². The van der Waals surface area contributed by atoms with Gasteiger partial charge in [-0.15, -0.1) is 0 Å². The number of methoxy groups -OCH3 is 1. The van der Waals surface area contributed by atoms with Gasteiger partial charge in [-0.3, -0.25) is 0 Å². The van der Waals surface area contributed by atoms with Gasteiger partial charge in [0.2, 0.25) is 0 Å². The first kappa shape index (κ1) is 12.5. The number of oxazole rings is 1. The van der Waals surface area contributed by atoms with Gasteiger partial charge in [0.05, 0.1) is 18.4 Å². The number of hydrogen-bond acceptors (Lipinski definition) is 5. The fourth-order valence-electron chi connectivity index (χ4n) is 2.00. The number of aromatic nitrogens is 1. The van der Waals surface area contributed by atoms with Crippen LogP contribution in [0.15, 0.2) is 10.8 Å². The monoisotopic (exact) mass is 240 g/mol. The van der Waals surface area contributed by atoms with E-state index >= 15 is 0 Å². The van der Waals surface area contributed by atoms with Crippen LogP contribution in [0.25, 0.3) is 0 Å². The Kier molecular flexibility index (Phi) is 4.97. The lowest BCUT2D eigenvalue weighted by molar-refractivity contribution is 0.106. The van der Waals surface area contributed by atoms with Crippen molar-refractivity contribution in [3.05, 3.63) is 17.8 Å². The van der Waals surface area contributed by atoms with Gasteiger partial charge in [0.15, 0.2) is 6.39 Å². The first-order valence-corrected chi connectivity index (χ1v) is 6.12. The SMILES string of the molecule is COCCNCc1ncoc1CC1CCCO1. The fraction of sp³-hybridized carbons (Fsp3) is 0.750. The molecule has 0 bridgehead atoms. The summed E-state index contributed by atoms with van der Waals surface area (Å²) >= 11 is 0. The van der Waals surface area contributed by atoms with Crippen molar-refractivity contribution >= 4 is 0 Å². The summed E-state index contributed by atoms with van der Waals surface area (Å²) in [6.07, 6.45) is 4.93. The Morgan fingerprint density at radius 3 is 3.29 bits per heavy atom. The number of nitrogens with zero attached hydrogens (tertiary/aromatic N) is 1. The van der Waals surface area contributed by atoms with Crippen LogP contribution in [0.1, 0.15) is 24.3 Å². The highest BCUT2D eigenvalue weighted by atomic mass is 16.5. The van der Waals surface area contributed by atoms with Gasteiger partial charge in [0.1, 0.15) is 5.76 Å². The summed E-state index contributed by atoms with van der Waals surface area (Å²) in [5.41, 5.74) is 0.983. The van der Waals surface area contributed by atoms with Crippen LogP contribution in [-0.4, -0.2) is 38.0 Å². The van der Waals surface area contributed by atoms with Gasteiger partial charge in [-0.1, -0.05) is 0 Å². The van der Waals surface area contributed by atoms with Crippen LogP contribution < -0.4 is 5.32 Å². The Morgan fingerprint density at radius 2 is 2.53 bits per heavy atom. The van der Waals surface area contributed by atoms with Gasteiger partial charge in [-0.05, 0) is 12.8 Å². The average Bonchev–Trinajstić information content (AvgIpc) is 2.97. The summed E-state index contributed by atoms with van der Waals surface area (Å²) in [7, 11) is 1.70. The molecule has 1 unspecified atom stereocenters. The zero-order valence-electron chi connectivity index (χ0n) is 10.3. The maximum Gasteiger partial charge on any atom is 0.181 e. The van der Waals surface area contributed by atoms with E-state index in [1.165, 1.54) is 6.39 Å². The Bertz CT molecular complexity index is 321. The van der Waals surface area contributed by atoms with Crippen LogP contribution >= 0.6 is 0 Å². The molecule has 0 saturated carbocycles. The average molecular weight is 240 g/mol. The topological polar surface area (TPSA) is 56.5 Å². The fourth-order valence-corrected chi connectivity index (χ4v) is 2.00. The molecule has 1 N–H and O–H groups in total. The highest BCUT2D eigenvalue weighted by Crippen LogP contribution is 2.18. The van der Waals surface area contributed by atoms with Gasteiger partial charge in [0, 0.05) is 33.2 Å². The summed E-state index contributed by atoms with van der Waals surface area (Å²) in [6, 6.07) is 0. The molecule has 96 valence electrons. The molecule has 5 nitrogen and oxygen atoms in total. The van der Waals surface area contributed by atoms with Crippen molar-refractivity contribution in [1.82, 2.24) is 10.3 Å². The minimum Gasteiger partial charge on any atom is -0.448 e. The molecule has 2 heterocycles. The lowest BCUT2D eigenvalue weighted by atomic mass is 10.1. The van der Waals surface area contributed by atoms with E-state index in [0.717, 1.165) is 50.4 Å². The largest absolute Gasteiger partial charge is 0.448 e. The van der Waals surface area contributed by atoms with Gasteiger partial charge in [-0.25, -0.2) is 4.98 Å². The number of nitrogens with one attached hydrogen (secondary N) is 1. The van der Waals surface area contributed by atoms with Crippen molar-refractivity contribution in [3.63, 3.8) is 0 Å². The molecule has 1 aromatic rings. The van der Waals surface area contributed by atoms with Crippen LogP contribution in [0, 0.1) is 0 Å². The number of rotatable bonds is 7. The predicted molar refractivity (Wildman–Crippen MR) is 62.8 cm³/mol. The van der Waals surface area contributed by atoms with Crippen molar-refractivity contribution in [2.24, 2.45) is 0 Å². The molecule has 1 aromatic heterocycles. The standard InChI is InChI=1S/C12H20N2O3/c1-15-6-4-13-8-11-12(17-9-14-11)7-10-3-2-5-16-10/h9-10,13H,2-8H2,1H3. The van der Waals surface area contributed by atoms with E-state index in [-0.39, 0.29) is 0 Å². The maximum atomic E-state index is 5.60. The van der Waals surface area contributed by atoms with E-state index < -0.39 is 0 Å². The molecule has 1 atom stereocenters. The van der Waals surface area contributed by atoms with Crippen LogP contribution in [0.3, 0.4) is 0 Å². The van der Waals surface area contributed by atoms with Gasteiger partial charge >= 0.3 is 0 Å². The van der Waals surface area contributed by atoms with Gasteiger partial charge in [0.25, 0.3) is 0 Å². The summed E-state index contributed by atoms with van der Waals surface area (Å²) in [5.74, 6) is 0.946. The van der Waals surface area contributed by atoms with Gasteiger partial charge < -0.3 is 19.2 Å². The van der Waals surface area contributed by atoms with E-state index in [1.54, 1.807) is 7.11 Å². The predicted octanol–water partition coefficient (Wildman–Crippen LogP) is 1.13. The molecule has 2 rings (SSSR count). The second-order valence-electron chi connectivity index (χ2n) is 4.23. The van der Waals surface area contributed by atoms with E-state index in [1.807, 2.05) is 0 Å². The van der Waals surface area contributed by atoms with Crippen molar-refractivity contribution in [2.75, 3.05) is 26.9 Å². The highest BCUT2D eigenvalue weighted by Gasteiger charge is 2.19. The third kappa shape index (κ3) is 3.80. The molecule has 0 aromatic carbocycles. The Hall–Kier alpha value is -0.910. The Morgan fingerprint density at radius 1 is 1.59 bits per heavy atom. The molecule has 0 spiro atoms. The maximum absolute atomic E-state index is 5.60. The minimum atomic E-state index is 0.306. The van der Waals surface area contributed by atoms with Crippen molar-refractivity contribution in [1.29, 1.82) is 0 Å². The number of hydrogen-bond donors (Lipinski definition) is 1. The minimum absolute atomic E-state index is 0.306. The first-order chi connectivity index (χ1) is 8.40. The summed E-state index contributed by atoms with van der Waals surface area (Å²) in [5, 5.41) is 3.27. The second kappa shape index (κ2) is 6.74. The summed E-state index contributed by atoms with van der Waals surface area (Å²) < 4.78 is 16.0. The van der Waals surface area contributed by atoms with E-state index in [4.69, 9.17) is 13.9 Å². The normalized spacial score (nSPS) is 19.9. The molecule has 1 aliphatic heterocycles.